The van der Waals surface area contributed by atoms with E-state index in [0.717, 1.165) is 39.0 Å². The van der Waals surface area contributed by atoms with E-state index in [1.165, 1.54) is 65.5 Å². The highest BCUT2D eigenvalue weighted by molar-refractivity contribution is 6.09. The summed E-state index contributed by atoms with van der Waals surface area (Å²) in [6.07, 6.45) is 0. The van der Waals surface area contributed by atoms with Gasteiger partial charge in [0.2, 0.25) is 0 Å². The number of aromatic nitrogens is 2. The first-order chi connectivity index (χ1) is 28.7. The van der Waals surface area contributed by atoms with Crippen molar-refractivity contribution in [3.8, 4) is 67.3 Å². The van der Waals surface area contributed by atoms with E-state index in [1.54, 1.807) is 0 Å². The Kier molecular flexibility index (Phi) is 8.19. The normalized spacial score (nSPS) is 11.4. The van der Waals surface area contributed by atoms with Gasteiger partial charge in [-0.2, -0.15) is 0 Å². The van der Waals surface area contributed by atoms with Gasteiger partial charge in [0.15, 0.2) is 5.82 Å². The minimum absolute atomic E-state index is 0.692. The van der Waals surface area contributed by atoms with Crippen LogP contribution in [0.3, 0.4) is 0 Å². The van der Waals surface area contributed by atoms with Crippen LogP contribution in [-0.2, 0) is 0 Å². The average Bonchev–Trinajstić information content (AvgIpc) is 3.30. The van der Waals surface area contributed by atoms with Crippen molar-refractivity contribution >= 4 is 43.1 Å². The Labute approximate surface area is 337 Å². The van der Waals surface area contributed by atoms with E-state index in [-0.39, 0.29) is 0 Å². The fourth-order valence-electron chi connectivity index (χ4n) is 8.65. The van der Waals surface area contributed by atoms with Crippen LogP contribution in [0, 0.1) is 0 Å². The summed E-state index contributed by atoms with van der Waals surface area (Å²) in [5, 5.41) is 9.77. The van der Waals surface area contributed by atoms with Crippen LogP contribution in [0.25, 0.3) is 110 Å². The molecule has 10 aromatic carbocycles. The molecule has 0 radical (unpaired) electrons. The molecule has 0 spiro atoms. The van der Waals surface area contributed by atoms with Gasteiger partial charge in [0.25, 0.3) is 0 Å². The van der Waals surface area contributed by atoms with Crippen molar-refractivity contribution in [3.05, 3.63) is 218 Å². The van der Waals surface area contributed by atoms with E-state index in [9.17, 15) is 0 Å². The smallest absolute Gasteiger partial charge is 0.160 e. The van der Waals surface area contributed by atoms with Crippen molar-refractivity contribution in [1.82, 2.24) is 9.97 Å². The minimum Gasteiger partial charge on any atom is -0.228 e. The number of benzene rings is 10. The van der Waals surface area contributed by atoms with Crippen LogP contribution in [0.2, 0.25) is 0 Å². The third-order valence-electron chi connectivity index (χ3n) is 11.5. The second kappa shape index (κ2) is 14.1. The predicted molar refractivity (Wildman–Crippen MR) is 245 cm³/mol. The SMILES string of the molecule is c1ccc2c(-c3ccc(-c4cc(-c5ccc(-c6cccc7ccccc67)c6ccccc56)nc(-c5ccc(-c6cccc7ccccc67)cc5)n4)cc3)cccc2c1. The molecule has 1 heterocycles. The summed E-state index contributed by atoms with van der Waals surface area (Å²) in [5.74, 6) is 0.692. The van der Waals surface area contributed by atoms with Gasteiger partial charge in [-0.1, -0.05) is 212 Å². The van der Waals surface area contributed by atoms with Gasteiger partial charge in [0, 0.05) is 16.7 Å². The summed E-state index contributed by atoms with van der Waals surface area (Å²) in [7, 11) is 0. The lowest BCUT2D eigenvalue weighted by molar-refractivity contribution is 1.18. The van der Waals surface area contributed by atoms with Crippen LogP contribution >= 0.6 is 0 Å². The fourth-order valence-corrected chi connectivity index (χ4v) is 8.65. The average molecular weight is 737 g/mol. The molecule has 0 aliphatic heterocycles. The third-order valence-corrected chi connectivity index (χ3v) is 11.5. The molecule has 0 amide bonds. The number of hydrogen-bond acceptors (Lipinski definition) is 2. The van der Waals surface area contributed by atoms with Crippen LogP contribution in [0.4, 0.5) is 0 Å². The molecular weight excluding hydrogens is 701 g/mol. The highest BCUT2D eigenvalue weighted by Gasteiger charge is 2.16. The highest BCUT2D eigenvalue weighted by Crippen LogP contribution is 2.40. The Morgan fingerprint density at radius 1 is 0.224 bits per heavy atom. The van der Waals surface area contributed by atoms with Gasteiger partial charge in [-0.05, 0) is 82.5 Å². The van der Waals surface area contributed by atoms with Gasteiger partial charge in [-0.15, -0.1) is 0 Å². The Morgan fingerprint density at radius 2 is 0.586 bits per heavy atom. The predicted octanol–water partition coefficient (Wildman–Crippen LogP) is 15.1. The van der Waals surface area contributed by atoms with Gasteiger partial charge >= 0.3 is 0 Å². The number of fused-ring (bicyclic) bond motifs is 4. The highest BCUT2D eigenvalue weighted by atomic mass is 14.9. The largest absolute Gasteiger partial charge is 0.228 e. The quantitative estimate of drug-likeness (QED) is 0.170. The van der Waals surface area contributed by atoms with Crippen LogP contribution in [0.5, 0.6) is 0 Å². The van der Waals surface area contributed by atoms with E-state index in [2.05, 4.69) is 218 Å². The Balaban J connectivity index is 1.06. The molecule has 2 heteroatoms. The Bertz CT molecular complexity index is 3170. The molecule has 58 heavy (non-hydrogen) atoms. The molecule has 11 rings (SSSR count). The standard InChI is InChI=1S/C56H36N2/c1-4-18-44-37(12-1)15-9-23-46(44)40-26-30-42(31-27-40)54-36-55(58-56(57-54)43-32-28-41(29-33-43)47-24-10-16-38-13-2-5-19-45(38)47)53-35-34-52(50-21-7-8-22-51(50)53)49-25-11-17-39-14-3-6-20-48(39)49/h1-36H. The van der Waals surface area contributed by atoms with Crippen LogP contribution in [0.15, 0.2) is 218 Å². The summed E-state index contributed by atoms with van der Waals surface area (Å²) in [4.78, 5) is 10.6. The van der Waals surface area contributed by atoms with E-state index >= 15 is 0 Å². The molecule has 2 nitrogen and oxygen atoms in total. The zero-order chi connectivity index (χ0) is 38.4. The lowest BCUT2D eigenvalue weighted by atomic mass is 9.91. The van der Waals surface area contributed by atoms with Gasteiger partial charge in [0.1, 0.15) is 0 Å². The van der Waals surface area contributed by atoms with Crippen LogP contribution < -0.4 is 0 Å². The number of nitrogens with zero attached hydrogens (tertiary/aromatic N) is 2. The molecule has 1 aromatic heterocycles. The van der Waals surface area contributed by atoms with Crippen LogP contribution in [0.1, 0.15) is 0 Å². The molecule has 11 aromatic rings. The summed E-state index contributed by atoms with van der Waals surface area (Å²) < 4.78 is 0. The Morgan fingerprint density at radius 3 is 1.14 bits per heavy atom. The molecule has 0 saturated heterocycles. The lowest BCUT2D eigenvalue weighted by Gasteiger charge is -2.15. The maximum absolute atomic E-state index is 5.34. The first-order valence-corrected chi connectivity index (χ1v) is 19.8. The molecule has 0 unspecified atom stereocenters. The van der Waals surface area contributed by atoms with Crippen molar-refractivity contribution < 1.29 is 0 Å². The van der Waals surface area contributed by atoms with E-state index in [4.69, 9.17) is 9.97 Å². The van der Waals surface area contributed by atoms with Crippen molar-refractivity contribution in [2.45, 2.75) is 0 Å². The molecule has 0 aliphatic carbocycles. The zero-order valence-corrected chi connectivity index (χ0v) is 31.7. The number of hydrogen-bond donors (Lipinski definition) is 0. The molecule has 0 saturated carbocycles. The van der Waals surface area contributed by atoms with Crippen molar-refractivity contribution in [2.75, 3.05) is 0 Å². The van der Waals surface area contributed by atoms with E-state index < -0.39 is 0 Å². The maximum atomic E-state index is 5.34. The first-order valence-electron chi connectivity index (χ1n) is 19.8. The van der Waals surface area contributed by atoms with Crippen LogP contribution in [-0.4, -0.2) is 9.97 Å². The van der Waals surface area contributed by atoms with Gasteiger partial charge < -0.3 is 0 Å². The van der Waals surface area contributed by atoms with Gasteiger partial charge in [-0.3, -0.25) is 0 Å². The second-order valence-electron chi connectivity index (χ2n) is 14.9. The summed E-state index contributed by atoms with van der Waals surface area (Å²) in [5.41, 5.74) is 12.0. The van der Waals surface area contributed by atoms with E-state index in [1.807, 2.05) is 0 Å². The molecule has 0 N–H and O–H groups in total. The Hall–Kier alpha value is -7.68. The van der Waals surface area contributed by atoms with Crippen molar-refractivity contribution in [3.63, 3.8) is 0 Å². The molecule has 0 aliphatic rings. The van der Waals surface area contributed by atoms with Gasteiger partial charge in [0.05, 0.1) is 11.4 Å². The molecule has 270 valence electrons. The summed E-state index contributed by atoms with van der Waals surface area (Å²) >= 11 is 0. The molecule has 0 bridgehead atoms. The third kappa shape index (κ3) is 5.91. The molecular formula is C56H36N2. The fraction of sp³-hybridized carbons (Fsp3) is 0. The van der Waals surface area contributed by atoms with E-state index in [0.29, 0.717) is 5.82 Å². The topological polar surface area (TPSA) is 25.8 Å². The summed E-state index contributed by atoms with van der Waals surface area (Å²) in [6, 6.07) is 78.2. The minimum atomic E-state index is 0.692. The van der Waals surface area contributed by atoms with Crippen molar-refractivity contribution in [1.29, 1.82) is 0 Å². The lowest BCUT2D eigenvalue weighted by Crippen LogP contribution is -1.97. The number of rotatable bonds is 6. The first kappa shape index (κ1) is 33.6. The second-order valence-corrected chi connectivity index (χ2v) is 14.9. The summed E-state index contributed by atoms with van der Waals surface area (Å²) in [6.45, 7) is 0. The molecule has 0 fully saturated rings. The zero-order valence-electron chi connectivity index (χ0n) is 31.7. The van der Waals surface area contributed by atoms with Crippen molar-refractivity contribution in [2.24, 2.45) is 0 Å². The molecule has 0 atom stereocenters. The maximum Gasteiger partial charge on any atom is 0.160 e. The van der Waals surface area contributed by atoms with Gasteiger partial charge in [-0.25, -0.2) is 9.97 Å². The monoisotopic (exact) mass is 736 g/mol.